The Balaban J connectivity index is 1.52. The molecule has 0 fully saturated rings. The predicted octanol–water partition coefficient (Wildman–Crippen LogP) is 15.7. The normalized spacial score (nSPS) is 12.3. The first-order chi connectivity index (χ1) is 30.1. The molecule has 0 radical (unpaired) electrons. The molecular formula is C56H82O5. The molecule has 1 atom stereocenters. The van der Waals surface area contributed by atoms with Crippen molar-refractivity contribution in [2.45, 2.75) is 192 Å². The number of carbonyl (C=O) groups excluding carboxylic acids is 2. The van der Waals surface area contributed by atoms with Crippen LogP contribution in [0.25, 0.3) is 0 Å². The van der Waals surface area contributed by atoms with Crippen LogP contribution < -0.4 is 0 Å². The summed E-state index contributed by atoms with van der Waals surface area (Å²) in [6, 6.07) is 30.5. The van der Waals surface area contributed by atoms with Gasteiger partial charge in [0.05, 0.1) is 6.61 Å². The van der Waals surface area contributed by atoms with Crippen LogP contribution in [0.2, 0.25) is 0 Å². The van der Waals surface area contributed by atoms with E-state index in [1.54, 1.807) is 0 Å². The van der Waals surface area contributed by atoms with Crippen LogP contribution >= 0.6 is 0 Å². The molecule has 0 aliphatic heterocycles. The molecule has 3 rings (SSSR count). The number of allylic oxidation sites excluding steroid dienone is 4. The van der Waals surface area contributed by atoms with Gasteiger partial charge in [0.15, 0.2) is 6.10 Å². The predicted molar refractivity (Wildman–Crippen MR) is 256 cm³/mol. The first-order valence-corrected chi connectivity index (χ1v) is 24.6. The second-order valence-corrected chi connectivity index (χ2v) is 16.9. The maximum Gasteiger partial charge on any atom is 0.306 e. The summed E-state index contributed by atoms with van der Waals surface area (Å²) < 4.78 is 18.9. The second kappa shape index (κ2) is 34.6. The van der Waals surface area contributed by atoms with Crippen molar-refractivity contribution in [3.05, 3.63) is 132 Å². The number of carbonyl (C=O) groups is 2. The maximum atomic E-state index is 13.3. The molecular weight excluding hydrogens is 753 g/mol. The molecule has 0 saturated carbocycles. The van der Waals surface area contributed by atoms with E-state index in [1.165, 1.54) is 89.9 Å². The molecule has 0 spiro atoms. The smallest absolute Gasteiger partial charge is 0.306 e. The number of unbranched alkanes of at least 4 members (excludes halogenated alkanes) is 20. The highest BCUT2D eigenvalue weighted by Gasteiger charge is 2.38. The van der Waals surface area contributed by atoms with Gasteiger partial charge in [-0.3, -0.25) is 9.59 Å². The minimum Gasteiger partial charge on any atom is -0.462 e. The molecule has 0 saturated heterocycles. The van der Waals surface area contributed by atoms with Gasteiger partial charge in [-0.15, -0.1) is 0 Å². The third-order valence-corrected chi connectivity index (χ3v) is 11.6. The highest BCUT2D eigenvalue weighted by molar-refractivity contribution is 5.70. The Morgan fingerprint density at radius 2 is 0.836 bits per heavy atom. The Morgan fingerprint density at radius 1 is 0.459 bits per heavy atom. The fourth-order valence-corrected chi connectivity index (χ4v) is 7.97. The minimum atomic E-state index is -0.979. The maximum absolute atomic E-state index is 13.3. The standard InChI is InChI=1S/C56H82O5/c1-3-5-7-9-11-13-15-17-18-20-22-24-26-28-39-47-55(58)61-53(48-59-54(57)46-38-27-25-23-21-19-16-14-12-10-8-6-4-2)49-60-56(50-40-32-29-33-41-50,51-42-34-30-35-43-51)52-44-36-31-37-45-52/h11,13,17-18,29-37,40-45,53H,3-10,12,14-16,19-28,38-39,46-49H2,1-2H3/b13-11-,18-17-/t53-/m1/s1. The van der Waals surface area contributed by atoms with Crippen molar-refractivity contribution in [2.75, 3.05) is 13.2 Å². The zero-order valence-electron chi connectivity index (χ0n) is 38.4. The summed E-state index contributed by atoms with van der Waals surface area (Å²) in [7, 11) is 0. The highest BCUT2D eigenvalue weighted by Crippen LogP contribution is 2.40. The van der Waals surface area contributed by atoms with E-state index in [9.17, 15) is 9.59 Å². The lowest BCUT2D eigenvalue weighted by molar-refractivity contribution is -0.165. The van der Waals surface area contributed by atoms with E-state index in [-0.39, 0.29) is 25.2 Å². The third-order valence-electron chi connectivity index (χ3n) is 11.6. The van der Waals surface area contributed by atoms with Crippen LogP contribution in [0.1, 0.15) is 197 Å². The Morgan fingerprint density at radius 3 is 1.30 bits per heavy atom. The van der Waals surface area contributed by atoms with Crippen molar-refractivity contribution in [3.63, 3.8) is 0 Å². The Hall–Kier alpha value is -3.96. The van der Waals surface area contributed by atoms with Crippen molar-refractivity contribution in [2.24, 2.45) is 0 Å². The molecule has 0 aliphatic rings. The topological polar surface area (TPSA) is 61.8 Å². The third kappa shape index (κ3) is 22.6. The zero-order valence-corrected chi connectivity index (χ0v) is 38.4. The summed E-state index contributed by atoms with van der Waals surface area (Å²) in [5.74, 6) is -0.533. The number of benzene rings is 3. The largest absolute Gasteiger partial charge is 0.462 e. The summed E-state index contributed by atoms with van der Waals surface area (Å²) in [6.07, 6.45) is 37.7. The van der Waals surface area contributed by atoms with Gasteiger partial charge in [-0.25, -0.2) is 0 Å². The summed E-state index contributed by atoms with van der Waals surface area (Å²) in [4.78, 5) is 26.4. The first-order valence-electron chi connectivity index (χ1n) is 24.6. The minimum absolute atomic E-state index is 0.0420. The fourth-order valence-electron chi connectivity index (χ4n) is 7.97. The van der Waals surface area contributed by atoms with Gasteiger partial charge >= 0.3 is 11.9 Å². The van der Waals surface area contributed by atoms with E-state index < -0.39 is 11.7 Å². The molecule has 0 bridgehead atoms. The first kappa shape index (κ1) is 51.4. The van der Waals surface area contributed by atoms with Crippen molar-refractivity contribution < 1.29 is 23.8 Å². The van der Waals surface area contributed by atoms with Gasteiger partial charge in [0.25, 0.3) is 0 Å². The lowest BCUT2D eigenvalue weighted by atomic mass is 9.80. The SMILES string of the molecule is CCCCC/C=C\C/C=C\CCCCCCCC(=O)O[C@H](COC(=O)CCCCCCCCCCCCCCC)COC(c1ccccc1)(c1ccccc1)c1ccccc1. The monoisotopic (exact) mass is 835 g/mol. The molecule has 0 amide bonds. The average molecular weight is 835 g/mol. The van der Waals surface area contributed by atoms with Gasteiger partial charge in [-0.1, -0.05) is 238 Å². The van der Waals surface area contributed by atoms with Crippen LogP contribution in [-0.2, 0) is 29.4 Å². The summed E-state index contributed by atoms with van der Waals surface area (Å²) >= 11 is 0. The number of hydrogen-bond donors (Lipinski definition) is 0. The quantitative estimate of drug-likeness (QED) is 0.0251. The van der Waals surface area contributed by atoms with Gasteiger partial charge in [0.2, 0.25) is 0 Å². The van der Waals surface area contributed by atoms with E-state index in [2.05, 4.69) is 74.5 Å². The van der Waals surface area contributed by atoms with Crippen LogP contribution in [0.4, 0.5) is 0 Å². The van der Waals surface area contributed by atoms with Crippen molar-refractivity contribution in [1.29, 1.82) is 0 Å². The van der Waals surface area contributed by atoms with Crippen molar-refractivity contribution in [1.82, 2.24) is 0 Å². The number of rotatable bonds is 37. The van der Waals surface area contributed by atoms with Gasteiger partial charge in [0, 0.05) is 12.8 Å². The molecule has 336 valence electrons. The molecule has 0 aliphatic carbocycles. The molecule has 5 nitrogen and oxygen atoms in total. The molecule has 0 heterocycles. The lowest BCUT2D eigenvalue weighted by Crippen LogP contribution is -2.38. The average Bonchev–Trinajstić information content (AvgIpc) is 3.29. The summed E-state index contributed by atoms with van der Waals surface area (Å²) in [5.41, 5.74) is 1.90. The Labute approximate surface area is 372 Å². The van der Waals surface area contributed by atoms with E-state index in [0.717, 1.165) is 80.9 Å². The van der Waals surface area contributed by atoms with E-state index >= 15 is 0 Å². The molecule has 0 aromatic heterocycles. The molecule has 0 N–H and O–H groups in total. The number of esters is 2. The van der Waals surface area contributed by atoms with Crippen LogP contribution in [0.15, 0.2) is 115 Å². The zero-order chi connectivity index (χ0) is 43.3. The van der Waals surface area contributed by atoms with E-state index in [0.29, 0.717) is 12.8 Å². The molecule has 61 heavy (non-hydrogen) atoms. The van der Waals surface area contributed by atoms with Crippen LogP contribution in [-0.4, -0.2) is 31.3 Å². The molecule has 3 aromatic rings. The van der Waals surface area contributed by atoms with Gasteiger partial charge < -0.3 is 14.2 Å². The van der Waals surface area contributed by atoms with E-state index in [1.807, 2.05) is 54.6 Å². The lowest BCUT2D eigenvalue weighted by Gasteiger charge is -2.37. The summed E-state index contributed by atoms with van der Waals surface area (Å²) in [6.45, 7) is 4.52. The summed E-state index contributed by atoms with van der Waals surface area (Å²) in [5, 5.41) is 0. The molecule has 5 heteroatoms. The van der Waals surface area contributed by atoms with Gasteiger partial charge in [0.1, 0.15) is 12.2 Å². The van der Waals surface area contributed by atoms with Crippen LogP contribution in [0.5, 0.6) is 0 Å². The van der Waals surface area contributed by atoms with Crippen LogP contribution in [0.3, 0.4) is 0 Å². The molecule has 3 aromatic carbocycles. The number of ether oxygens (including phenoxy) is 3. The van der Waals surface area contributed by atoms with Crippen LogP contribution in [0, 0.1) is 0 Å². The van der Waals surface area contributed by atoms with Gasteiger partial charge in [-0.2, -0.15) is 0 Å². The van der Waals surface area contributed by atoms with Gasteiger partial charge in [-0.05, 0) is 61.6 Å². The molecule has 0 unspecified atom stereocenters. The Kier molecular flexibility index (Phi) is 29.2. The van der Waals surface area contributed by atoms with E-state index in [4.69, 9.17) is 14.2 Å². The van der Waals surface area contributed by atoms with Crippen molar-refractivity contribution in [3.8, 4) is 0 Å². The second-order valence-electron chi connectivity index (χ2n) is 16.9. The highest BCUT2D eigenvalue weighted by atomic mass is 16.6. The fraction of sp³-hybridized carbons (Fsp3) is 0.571. The number of hydrogen-bond acceptors (Lipinski definition) is 5. The Bertz CT molecular complexity index is 1450. The van der Waals surface area contributed by atoms with Crippen molar-refractivity contribution >= 4 is 11.9 Å².